The van der Waals surface area contributed by atoms with E-state index in [9.17, 15) is 18.0 Å². The Hall–Kier alpha value is -0.550. The molecule has 0 fully saturated rings. The highest BCUT2D eigenvalue weighted by atomic mass is 79.9. The van der Waals surface area contributed by atoms with Crippen LogP contribution in [0.3, 0.4) is 0 Å². The third-order valence-electron chi connectivity index (χ3n) is 1.74. The fourth-order valence-electron chi connectivity index (χ4n) is 1.04. The van der Waals surface area contributed by atoms with Gasteiger partial charge in [-0.2, -0.15) is 13.2 Å². The SMILES string of the molecule is CC(=O)c1cc(C(F)(F)F)c(Br)cc1Cl. The molecule has 0 radical (unpaired) electrons. The summed E-state index contributed by atoms with van der Waals surface area (Å²) in [4.78, 5) is 11.0. The number of alkyl halides is 3. The van der Waals surface area contributed by atoms with Crippen molar-refractivity contribution in [3.05, 3.63) is 32.8 Å². The number of hydrogen-bond acceptors (Lipinski definition) is 1. The van der Waals surface area contributed by atoms with E-state index < -0.39 is 17.5 Å². The molecule has 0 saturated heterocycles. The van der Waals surface area contributed by atoms with Crippen molar-refractivity contribution in [1.29, 1.82) is 0 Å². The third-order valence-corrected chi connectivity index (χ3v) is 2.71. The first-order chi connectivity index (χ1) is 6.73. The number of hydrogen-bond donors (Lipinski definition) is 0. The number of carbonyl (C=O) groups is 1. The molecule has 0 amide bonds. The van der Waals surface area contributed by atoms with E-state index in [0.717, 1.165) is 19.1 Å². The number of ketones is 1. The maximum absolute atomic E-state index is 12.4. The van der Waals surface area contributed by atoms with Crippen LogP contribution in [0.5, 0.6) is 0 Å². The molecular formula is C9H5BrClF3O. The molecule has 1 aromatic rings. The van der Waals surface area contributed by atoms with Gasteiger partial charge in [0.1, 0.15) is 0 Å². The molecule has 0 atom stereocenters. The highest BCUT2D eigenvalue weighted by Gasteiger charge is 2.34. The highest BCUT2D eigenvalue weighted by Crippen LogP contribution is 2.37. The second-order valence-corrected chi connectivity index (χ2v) is 4.13. The summed E-state index contributed by atoms with van der Waals surface area (Å²) in [5.41, 5.74) is -1.04. The maximum Gasteiger partial charge on any atom is 0.417 e. The third kappa shape index (κ3) is 2.72. The molecular weight excluding hydrogens is 296 g/mol. The van der Waals surface area contributed by atoms with Crippen LogP contribution in [0.4, 0.5) is 13.2 Å². The average molecular weight is 301 g/mol. The zero-order valence-corrected chi connectivity index (χ0v) is 9.79. The number of carbonyl (C=O) groups excluding carboxylic acids is 1. The summed E-state index contributed by atoms with van der Waals surface area (Å²) < 4.78 is 37.1. The second kappa shape index (κ2) is 4.14. The van der Waals surface area contributed by atoms with Gasteiger partial charge in [0.05, 0.1) is 10.6 Å². The summed E-state index contributed by atoms with van der Waals surface area (Å²) in [7, 11) is 0. The predicted octanol–water partition coefficient (Wildman–Crippen LogP) is 4.32. The van der Waals surface area contributed by atoms with E-state index in [-0.39, 0.29) is 15.1 Å². The second-order valence-electron chi connectivity index (χ2n) is 2.87. The molecule has 0 unspecified atom stereocenters. The van der Waals surface area contributed by atoms with Crippen LogP contribution in [0.2, 0.25) is 5.02 Å². The van der Waals surface area contributed by atoms with Crippen molar-refractivity contribution in [3.63, 3.8) is 0 Å². The van der Waals surface area contributed by atoms with Gasteiger partial charge in [0.2, 0.25) is 0 Å². The zero-order valence-electron chi connectivity index (χ0n) is 7.45. The fraction of sp³-hybridized carbons (Fsp3) is 0.222. The summed E-state index contributed by atoms with van der Waals surface area (Å²) in [5, 5.41) is 0.00220. The van der Waals surface area contributed by atoms with Gasteiger partial charge in [-0.1, -0.05) is 27.5 Å². The van der Waals surface area contributed by atoms with Gasteiger partial charge in [-0.15, -0.1) is 0 Å². The maximum atomic E-state index is 12.4. The van der Waals surface area contributed by atoms with Crippen molar-refractivity contribution >= 4 is 33.3 Å². The normalized spacial score (nSPS) is 11.6. The van der Waals surface area contributed by atoms with Crippen molar-refractivity contribution in [1.82, 2.24) is 0 Å². The number of rotatable bonds is 1. The van der Waals surface area contributed by atoms with E-state index in [0.29, 0.717) is 0 Å². The monoisotopic (exact) mass is 300 g/mol. The smallest absolute Gasteiger partial charge is 0.294 e. The van der Waals surface area contributed by atoms with Crippen LogP contribution >= 0.6 is 27.5 Å². The van der Waals surface area contributed by atoms with Crippen LogP contribution in [-0.2, 0) is 6.18 Å². The first kappa shape index (κ1) is 12.5. The Morgan fingerprint density at radius 1 is 1.40 bits per heavy atom. The summed E-state index contributed by atoms with van der Waals surface area (Å²) >= 11 is 8.38. The molecule has 0 aliphatic carbocycles. The Balaban J connectivity index is 3.43. The van der Waals surface area contributed by atoms with Gasteiger partial charge in [0, 0.05) is 10.0 Å². The molecule has 0 N–H and O–H groups in total. The standard InChI is InChI=1S/C9H5BrClF3O/c1-4(15)5-2-6(9(12,13)14)7(10)3-8(5)11/h2-3H,1H3. The Morgan fingerprint density at radius 2 is 1.93 bits per heavy atom. The lowest BCUT2D eigenvalue weighted by atomic mass is 10.1. The highest BCUT2D eigenvalue weighted by molar-refractivity contribution is 9.10. The first-order valence-corrected chi connectivity index (χ1v) is 4.97. The average Bonchev–Trinajstić information content (AvgIpc) is 2.00. The largest absolute Gasteiger partial charge is 0.417 e. The van der Waals surface area contributed by atoms with Gasteiger partial charge in [0.25, 0.3) is 0 Å². The van der Waals surface area contributed by atoms with Gasteiger partial charge in [-0.05, 0) is 19.1 Å². The minimum Gasteiger partial charge on any atom is -0.294 e. The van der Waals surface area contributed by atoms with E-state index in [4.69, 9.17) is 11.6 Å². The van der Waals surface area contributed by atoms with E-state index >= 15 is 0 Å². The Labute approximate surface area is 97.4 Å². The Morgan fingerprint density at radius 3 is 2.33 bits per heavy atom. The first-order valence-electron chi connectivity index (χ1n) is 3.80. The molecule has 0 bridgehead atoms. The summed E-state index contributed by atoms with van der Waals surface area (Å²) in [6.45, 7) is 1.16. The molecule has 0 aromatic heterocycles. The van der Waals surface area contributed by atoms with Gasteiger partial charge >= 0.3 is 6.18 Å². The van der Waals surface area contributed by atoms with E-state index in [1.54, 1.807) is 0 Å². The van der Waals surface area contributed by atoms with Gasteiger partial charge < -0.3 is 0 Å². The van der Waals surface area contributed by atoms with Crippen molar-refractivity contribution in [2.75, 3.05) is 0 Å². The molecule has 1 aromatic carbocycles. The van der Waals surface area contributed by atoms with Crippen molar-refractivity contribution in [2.24, 2.45) is 0 Å². The molecule has 0 saturated carbocycles. The minimum atomic E-state index is -4.51. The molecule has 6 heteroatoms. The molecule has 0 spiro atoms. The quantitative estimate of drug-likeness (QED) is 0.706. The lowest BCUT2D eigenvalue weighted by Crippen LogP contribution is -2.08. The molecule has 1 rings (SSSR count). The summed E-state index contributed by atoms with van der Waals surface area (Å²) in [6.07, 6.45) is -4.51. The fourth-order valence-corrected chi connectivity index (χ4v) is 2.03. The van der Waals surface area contributed by atoms with Crippen LogP contribution in [0.25, 0.3) is 0 Å². The number of Topliss-reactive ketones (excluding diaryl/α,β-unsaturated/α-hetero) is 1. The van der Waals surface area contributed by atoms with Crippen LogP contribution < -0.4 is 0 Å². The molecule has 0 aliphatic heterocycles. The molecule has 1 nitrogen and oxygen atoms in total. The number of benzene rings is 1. The van der Waals surface area contributed by atoms with Gasteiger partial charge in [0.15, 0.2) is 5.78 Å². The minimum absolute atomic E-state index is 0.00220. The molecule has 0 aliphatic rings. The molecule has 82 valence electrons. The predicted molar refractivity (Wildman–Crippen MR) is 54.2 cm³/mol. The van der Waals surface area contributed by atoms with E-state index in [1.807, 2.05) is 0 Å². The lowest BCUT2D eigenvalue weighted by Gasteiger charge is -2.11. The Kier molecular flexibility index (Phi) is 3.45. The van der Waals surface area contributed by atoms with Crippen molar-refractivity contribution < 1.29 is 18.0 Å². The lowest BCUT2D eigenvalue weighted by molar-refractivity contribution is -0.138. The van der Waals surface area contributed by atoms with Gasteiger partial charge in [-0.3, -0.25) is 4.79 Å². The Bertz CT molecular complexity index is 415. The summed E-state index contributed by atoms with van der Waals surface area (Å²) in [6, 6.07) is 1.82. The van der Waals surface area contributed by atoms with Crippen LogP contribution in [0, 0.1) is 0 Å². The van der Waals surface area contributed by atoms with Gasteiger partial charge in [-0.25, -0.2) is 0 Å². The van der Waals surface area contributed by atoms with Crippen LogP contribution in [0.1, 0.15) is 22.8 Å². The summed E-state index contributed by atoms with van der Waals surface area (Å²) in [5.74, 6) is -0.502. The van der Waals surface area contributed by atoms with Crippen LogP contribution in [0.15, 0.2) is 16.6 Å². The van der Waals surface area contributed by atoms with Crippen molar-refractivity contribution in [2.45, 2.75) is 13.1 Å². The van der Waals surface area contributed by atoms with E-state index in [2.05, 4.69) is 15.9 Å². The zero-order chi connectivity index (χ0) is 11.8. The van der Waals surface area contributed by atoms with Crippen molar-refractivity contribution in [3.8, 4) is 0 Å². The molecule has 15 heavy (non-hydrogen) atoms. The molecule has 0 heterocycles. The topological polar surface area (TPSA) is 17.1 Å². The van der Waals surface area contributed by atoms with E-state index in [1.165, 1.54) is 0 Å². The number of halogens is 5. The van der Waals surface area contributed by atoms with Crippen LogP contribution in [-0.4, -0.2) is 5.78 Å².